The molecule has 2 rings (SSSR count). The molecule has 15 heavy (non-hydrogen) atoms. The molecule has 0 aromatic heterocycles. The molecule has 0 saturated heterocycles. The Labute approximate surface area is 96.9 Å². The van der Waals surface area contributed by atoms with E-state index in [0.29, 0.717) is 6.61 Å². The topological polar surface area (TPSA) is 38.3 Å². The summed E-state index contributed by atoms with van der Waals surface area (Å²) in [6, 6.07) is 7.75. The van der Waals surface area contributed by atoms with E-state index in [1.54, 1.807) is 6.92 Å². The van der Waals surface area contributed by atoms with Gasteiger partial charge in [0.25, 0.3) is 0 Å². The smallest absolute Gasteiger partial charge is 0.234 e. The fraction of sp³-hybridized carbons (Fsp3) is 0.364. The van der Waals surface area contributed by atoms with Gasteiger partial charge in [-0.25, -0.2) is 0 Å². The first-order valence-electron chi connectivity index (χ1n) is 4.84. The van der Waals surface area contributed by atoms with E-state index in [1.165, 1.54) is 0 Å². The molecule has 3 nitrogen and oxygen atoms in total. The van der Waals surface area contributed by atoms with Crippen molar-refractivity contribution in [3.8, 4) is 5.75 Å². The van der Waals surface area contributed by atoms with Crippen LogP contribution in [0.25, 0.3) is 0 Å². The molecule has 0 saturated carbocycles. The third kappa shape index (κ3) is 2.15. The van der Waals surface area contributed by atoms with Gasteiger partial charge in [-0.15, -0.1) is 0 Å². The van der Waals surface area contributed by atoms with Gasteiger partial charge in [0, 0.05) is 5.56 Å². The van der Waals surface area contributed by atoms with E-state index in [1.807, 2.05) is 24.3 Å². The molecule has 1 aliphatic rings. The number of carbonyl (C=O) groups excluding carboxylic acids is 1. The second kappa shape index (κ2) is 4.23. The van der Waals surface area contributed by atoms with Crippen molar-refractivity contribution in [3.63, 3.8) is 0 Å². The van der Waals surface area contributed by atoms with E-state index in [2.05, 4.69) is 21.2 Å². The molecule has 1 aromatic rings. The second-order valence-electron chi connectivity index (χ2n) is 3.53. The highest BCUT2D eigenvalue weighted by Gasteiger charge is 2.25. The lowest BCUT2D eigenvalue weighted by atomic mass is 10.1. The maximum atomic E-state index is 11.5. The van der Waals surface area contributed by atoms with Crippen LogP contribution in [0.4, 0.5) is 0 Å². The number of hydrogen-bond donors (Lipinski definition) is 1. The summed E-state index contributed by atoms with van der Waals surface area (Å²) >= 11 is 3.23. The molecule has 0 aliphatic carbocycles. The normalized spacial score (nSPS) is 20.3. The van der Waals surface area contributed by atoms with Crippen molar-refractivity contribution in [1.82, 2.24) is 5.32 Å². The summed E-state index contributed by atoms with van der Waals surface area (Å²) in [5.41, 5.74) is 1.05. The van der Waals surface area contributed by atoms with Gasteiger partial charge >= 0.3 is 0 Å². The number of alkyl halides is 1. The number of nitrogens with one attached hydrogen (secondary N) is 1. The summed E-state index contributed by atoms with van der Waals surface area (Å²) < 4.78 is 5.46. The zero-order valence-electron chi connectivity index (χ0n) is 8.37. The summed E-state index contributed by atoms with van der Waals surface area (Å²) in [6.45, 7) is 2.32. The molecule has 0 radical (unpaired) electrons. The van der Waals surface area contributed by atoms with Crippen LogP contribution >= 0.6 is 15.9 Å². The molecule has 0 bridgehead atoms. The number of amides is 1. The van der Waals surface area contributed by atoms with Crippen molar-refractivity contribution < 1.29 is 9.53 Å². The van der Waals surface area contributed by atoms with Crippen LogP contribution in [0, 0.1) is 0 Å². The molecule has 1 aromatic carbocycles. The quantitative estimate of drug-likeness (QED) is 0.835. The van der Waals surface area contributed by atoms with Gasteiger partial charge in [-0.3, -0.25) is 4.79 Å². The molecular weight excluding hydrogens is 258 g/mol. The average Bonchev–Trinajstić information content (AvgIpc) is 2.62. The summed E-state index contributed by atoms with van der Waals surface area (Å²) in [5, 5.41) is 2.92. The zero-order valence-corrected chi connectivity index (χ0v) is 9.95. The summed E-state index contributed by atoms with van der Waals surface area (Å²) in [7, 11) is 0. The van der Waals surface area contributed by atoms with Crippen molar-refractivity contribution >= 4 is 21.8 Å². The lowest BCUT2D eigenvalue weighted by Crippen LogP contribution is -2.33. The molecule has 2 atom stereocenters. The maximum Gasteiger partial charge on any atom is 0.234 e. The predicted molar refractivity (Wildman–Crippen MR) is 61.2 cm³/mol. The van der Waals surface area contributed by atoms with Crippen LogP contribution in [0.1, 0.15) is 18.5 Å². The monoisotopic (exact) mass is 269 g/mol. The Hall–Kier alpha value is -1.03. The van der Waals surface area contributed by atoms with Gasteiger partial charge in [-0.1, -0.05) is 34.1 Å². The van der Waals surface area contributed by atoms with E-state index < -0.39 is 0 Å². The van der Waals surface area contributed by atoms with Crippen LogP contribution in [-0.4, -0.2) is 17.3 Å². The molecule has 2 unspecified atom stereocenters. The number of rotatable bonds is 2. The van der Waals surface area contributed by atoms with Gasteiger partial charge in [0.1, 0.15) is 12.4 Å². The highest BCUT2D eigenvalue weighted by atomic mass is 79.9. The van der Waals surface area contributed by atoms with Gasteiger partial charge in [0.05, 0.1) is 10.9 Å². The van der Waals surface area contributed by atoms with E-state index in [-0.39, 0.29) is 16.8 Å². The Morgan fingerprint density at radius 1 is 1.60 bits per heavy atom. The lowest BCUT2D eigenvalue weighted by Gasteiger charge is -2.12. The second-order valence-corrected chi connectivity index (χ2v) is 4.90. The van der Waals surface area contributed by atoms with E-state index in [0.717, 1.165) is 11.3 Å². The first-order chi connectivity index (χ1) is 7.18. The van der Waals surface area contributed by atoms with Crippen LogP contribution in [0.5, 0.6) is 5.75 Å². The Morgan fingerprint density at radius 2 is 2.33 bits per heavy atom. The zero-order chi connectivity index (χ0) is 10.8. The van der Waals surface area contributed by atoms with Crippen LogP contribution < -0.4 is 10.1 Å². The Kier molecular flexibility index (Phi) is 2.95. The standard InChI is InChI=1S/C11H12BrNO2/c1-7(12)11(14)13-9-6-15-10-5-3-2-4-8(9)10/h2-5,7,9H,6H2,1H3,(H,13,14). The first-order valence-corrected chi connectivity index (χ1v) is 5.76. The Balaban J connectivity index is 2.11. The molecular formula is C11H12BrNO2. The highest BCUT2D eigenvalue weighted by molar-refractivity contribution is 9.10. The lowest BCUT2D eigenvalue weighted by molar-refractivity contribution is -0.121. The largest absolute Gasteiger partial charge is 0.491 e. The predicted octanol–water partition coefficient (Wildman–Crippen LogP) is 2.02. The maximum absolute atomic E-state index is 11.5. The molecule has 1 aliphatic heterocycles. The molecule has 1 heterocycles. The molecule has 0 fully saturated rings. The number of ether oxygens (including phenoxy) is 1. The fourth-order valence-corrected chi connectivity index (χ4v) is 1.70. The Morgan fingerprint density at radius 3 is 3.07 bits per heavy atom. The van der Waals surface area contributed by atoms with E-state index >= 15 is 0 Å². The van der Waals surface area contributed by atoms with Gasteiger partial charge in [-0.2, -0.15) is 0 Å². The third-order valence-corrected chi connectivity index (χ3v) is 2.79. The van der Waals surface area contributed by atoms with Gasteiger partial charge in [0.15, 0.2) is 0 Å². The fourth-order valence-electron chi connectivity index (χ4n) is 1.57. The van der Waals surface area contributed by atoms with Crippen molar-refractivity contribution in [3.05, 3.63) is 29.8 Å². The molecule has 1 amide bonds. The first kappa shape index (κ1) is 10.5. The number of para-hydroxylation sites is 1. The third-order valence-electron chi connectivity index (χ3n) is 2.38. The SMILES string of the molecule is CC(Br)C(=O)NC1COc2ccccc21. The minimum atomic E-state index is -0.176. The van der Waals surface area contributed by atoms with Gasteiger partial charge in [-0.05, 0) is 13.0 Å². The minimum Gasteiger partial charge on any atom is -0.491 e. The number of fused-ring (bicyclic) bond motifs is 1. The summed E-state index contributed by atoms with van der Waals surface area (Å²) in [4.78, 5) is 11.3. The number of benzene rings is 1. The summed E-state index contributed by atoms with van der Waals surface area (Å²) in [6.07, 6.45) is 0. The molecule has 80 valence electrons. The van der Waals surface area contributed by atoms with Crippen LogP contribution in [-0.2, 0) is 4.79 Å². The van der Waals surface area contributed by atoms with Gasteiger partial charge < -0.3 is 10.1 Å². The average molecular weight is 270 g/mol. The van der Waals surface area contributed by atoms with Crippen molar-refractivity contribution in [2.24, 2.45) is 0 Å². The number of carbonyl (C=O) groups is 1. The summed E-state index contributed by atoms with van der Waals surface area (Å²) in [5.74, 6) is 0.852. The van der Waals surface area contributed by atoms with Crippen molar-refractivity contribution in [2.45, 2.75) is 17.8 Å². The molecule has 1 N–H and O–H groups in total. The minimum absolute atomic E-state index is 0.0136. The van der Waals surface area contributed by atoms with E-state index in [9.17, 15) is 4.79 Å². The number of hydrogen-bond acceptors (Lipinski definition) is 2. The Bertz CT molecular complexity index is 379. The van der Waals surface area contributed by atoms with Crippen LogP contribution in [0.15, 0.2) is 24.3 Å². The van der Waals surface area contributed by atoms with Crippen LogP contribution in [0.2, 0.25) is 0 Å². The van der Waals surface area contributed by atoms with Crippen LogP contribution in [0.3, 0.4) is 0 Å². The van der Waals surface area contributed by atoms with Gasteiger partial charge in [0.2, 0.25) is 5.91 Å². The molecule has 4 heteroatoms. The number of halogens is 1. The highest BCUT2D eigenvalue weighted by Crippen LogP contribution is 2.31. The molecule has 0 spiro atoms. The van der Waals surface area contributed by atoms with Crippen molar-refractivity contribution in [1.29, 1.82) is 0 Å². The van der Waals surface area contributed by atoms with Crippen molar-refractivity contribution in [2.75, 3.05) is 6.61 Å². The van der Waals surface area contributed by atoms with E-state index in [4.69, 9.17) is 4.74 Å².